The number of rotatable bonds is 5. The largest absolute Gasteiger partial charge is 0.496 e. The predicted octanol–water partition coefficient (Wildman–Crippen LogP) is 3.16. The monoisotopic (exact) mass is 334 g/mol. The van der Waals surface area contributed by atoms with Crippen molar-refractivity contribution in [3.8, 4) is 17.0 Å². The van der Waals surface area contributed by atoms with Crippen LogP contribution in [0.25, 0.3) is 11.3 Å². The van der Waals surface area contributed by atoms with Crippen LogP contribution in [0.1, 0.15) is 21.6 Å². The van der Waals surface area contributed by atoms with Crippen LogP contribution in [-0.2, 0) is 0 Å². The molecule has 0 unspecified atom stereocenters. The molecule has 2 aromatic carbocycles. The van der Waals surface area contributed by atoms with E-state index >= 15 is 0 Å². The molecule has 0 saturated heterocycles. The predicted molar refractivity (Wildman–Crippen MR) is 96.8 cm³/mol. The number of hydrogen-bond donors (Lipinski definition) is 2. The van der Waals surface area contributed by atoms with Crippen molar-refractivity contribution in [2.45, 2.75) is 6.92 Å². The summed E-state index contributed by atoms with van der Waals surface area (Å²) in [5.41, 5.74) is 6.41. The minimum atomic E-state index is -0.364. The maximum atomic E-state index is 12.2. The molecular weight excluding hydrogens is 316 g/mol. The normalized spacial score (nSPS) is 10.8. The van der Waals surface area contributed by atoms with E-state index in [0.717, 1.165) is 11.1 Å². The van der Waals surface area contributed by atoms with Crippen LogP contribution in [0, 0.1) is 6.92 Å². The third-order valence-electron chi connectivity index (χ3n) is 3.68. The van der Waals surface area contributed by atoms with E-state index in [2.05, 4.69) is 20.7 Å². The van der Waals surface area contributed by atoms with Gasteiger partial charge < -0.3 is 4.74 Å². The topological polar surface area (TPSA) is 79.4 Å². The molecule has 3 aromatic rings. The Labute approximate surface area is 145 Å². The molecule has 126 valence electrons. The number of nitrogens with one attached hydrogen (secondary N) is 2. The zero-order chi connectivity index (χ0) is 17.6. The lowest BCUT2D eigenvalue weighted by molar-refractivity contribution is 0.0950. The molecule has 6 nitrogen and oxygen atoms in total. The van der Waals surface area contributed by atoms with E-state index < -0.39 is 0 Å². The number of carbonyl (C=O) groups is 1. The van der Waals surface area contributed by atoms with Crippen molar-refractivity contribution < 1.29 is 9.53 Å². The molecule has 0 atom stereocenters. The first-order valence-electron chi connectivity index (χ1n) is 7.76. The first-order valence-corrected chi connectivity index (χ1v) is 7.76. The quantitative estimate of drug-likeness (QED) is 0.556. The third kappa shape index (κ3) is 3.92. The highest BCUT2D eigenvalue weighted by molar-refractivity contribution is 5.94. The molecule has 0 aliphatic rings. The summed E-state index contributed by atoms with van der Waals surface area (Å²) in [6.45, 7) is 2.02. The number of nitrogens with zero attached hydrogens (tertiary/aromatic N) is 2. The lowest BCUT2D eigenvalue weighted by atomic mass is 10.1. The molecule has 0 radical (unpaired) electrons. The van der Waals surface area contributed by atoms with E-state index in [1.807, 2.05) is 55.5 Å². The van der Waals surface area contributed by atoms with Crippen LogP contribution in [0.5, 0.6) is 5.75 Å². The van der Waals surface area contributed by atoms with Crippen LogP contribution in [0.15, 0.2) is 59.7 Å². The van der Waals surface area contributed by atoms with Gasteiger partial charge >= 0.3 is 0 Å². The molecule has 6 heteroatoms. The lowest BCUT2D eigenvalue weighted by Gasteiger charge is -2.02. The molecule has 0 aliphatic heterocycles. The standard InChI is InChI=1S/C19H18N4O2/c1-13-7-9-14(10-8-13)16-11-17(22-21-16)19(24)23-20-12-15-5-3-4-6-18(15)25-2/h3-12H,1-2H3,(H,21,22)(H,23,24)/b20-12-. The first-order chi connectivity index (χ1) is 12.2. The summed E-state index contributed by atoms with van der Waals surface area (Å²) in [7, 11) is 1.59. The number of para-hydroxylation sites is 1. The molecule has 0 bridgehead atoms. The number of carbonyl (C=O) groups excluding carboxylic acids is 1. The van der Waals surface area contributed by atoms with Crippen LogP contribution >= 0.6 is 0 Å². The fourth-order valence-corrected chi connectivity index (χ4v) is 2.30. The zero-order valence-electron chi connectivity index (χ0n) is 14.0. The zero-order valence-corrected chi connectivity index (χ0v) is 14.0. The second-order valence-electron chi connectivity index (χ2n) is 5.47. The molecule has 25 heavy (non-hydrogen) atoms. The Morgan fingerprint density at radius 2 is 1.96 bits per heavy atom. The van der Waals surface area contributed by atoms with Gasteiger partial charge in [-0.25, -0.2) is 5.43 Å². The highest BCUT2D eigenvalue weighted by Crippen LogP contribution is 2.18. The van der Waals surface area contributed by atoms with Gasteiger partial charge in [0.05, 0.1) is 19.0 Å². The van der Waals surface area contributed by atoms with Gasteiger partial charge in [0.1, 0.15) is 11.4 Å². The first kappa shape index (κ1) is 16.4. The average molecular weight is 334 g/mol. The lowest BCUT2D eigenvalue weighted by Crippen LogP contribution is -2.18. The minimum absolute atomic E-state index is 0.341. The Morgan fingerprint density at radius 1 is 1.20 bits per heavy atom. The Morgan fingerprint density at radius 3 is 2.72 bits per heavy atom. The average Bonchev–Trinajstić information content (AvgIpc) is 3.13. The van der Waals surface area contributed by atoms with E-state index in [0.29, 0.717) is 17.1 Å². The van der Waals surface area contributed by atoms with Crippen molar-refractivity contribution in [2.24, 2.45) is 5.10 Å². The highest BCUT2D eigenvalue weighted by Gasteiger charge is 2.10. The van der Waals surface area contributed by atoms with Gasteiger partial charge in [-0.05, 0) is 25.1 Å². The number of hydrogen-bond acceptors (Lipinski definition) is 4. The van der Waals surface area contributed by atoms with Crippen molar-refractivity contribution in [1.82, 2.24) is 15.6 Å². The van der Waals surface area contributed by atoms with Gasteiger partial charge in [-0.1, -0.05) is 42.0 Å². The molecule has 2 N–H and O–H groups in total. The van der Waals surface area contributed by atoms with Gasteiger partial charge in [-0.15, -0.1) is 0 Å². The smallest absolute Gasteiger partial charge is 0.289 e. The Hall–Kier alpha value is -3.41. The van der Waals surface area contributed by atoms with Crippen molar-refractivity contribution >= 4 is 12.1 Å². The van der Waals surface area contributed by atoms with Crippen LogP contribution in [-0.4, -0.2) is 29.4 Å². The Kier molecular flexibility index (Phi) is 4.89. The van der Waals surface area contributed by atoms with Crippen molar-refractivity contribution in [2.75, 3.05) is 7.11 Å². The number of methoxy groups -OCH3 is 1. The number of hydrazone groups is 1. The highest BCUT2D eigenvalue weighted by atomic mass is 16.5. The van der Waals surface area contributed by atoms with Crippen LogP contribution < -0.4 is 10.2 Å². The van der Waals surface area contributed by atoms with E-state index in [9.17, 15) is 4.79 Å². The summed E-state index contributed by atoms with van der Waals surface area (Å²) >= 11 is 0. The van der Waals surface area contributed by atoms with Gasteiger partial charge in [0.25, 0.3) is 5.91 Å². The molecule has 1 amide bonds. The van der Waals surface area contributed by atoms with Crippen molar-refractivity contribution in [3.63, 3.8) is 0 Å². The Bertz CT molecular complexity index is 898. The fourth-order valence-electron chi connectivity index (χ4n) is 2.30. The molecule has 1 aromatic heterocycles. The molecule has 3 rings (SSSR count). The minimum Gasteiger partial charge on any atom is -0.496 e. The van der Waals surface area contributed by atoms with Gasteiger partial charge in [-0.2, -0.15) is 10.2 Å². The molecule has 0 saturated carbocycles. The van der Waals surface area contributed by atoms with Gasteiger partial charge in [0.15, 0.2) is 0 Å². The van der Waals surface area contributed by atoms with Crippen LogP contribution in [0.2, 0.25) is 0 Å². The number of H-pyrrole nitrogens is 1. The molecule has 0 aliphatic carbocycles. The number of benzene rings is 2. The molecule has 0 fully saturated rings. The summed E-state index contributed by atoms with van der Waals surface area (Å²) in [5, 5.41) is 10.9. The number of aryl methyl sites for hydroxylation is 1. The van der Waals surface area contributed by atoms with Crippen LogP contribution in [0.3, 0.4) is 0 Å². The van der Waals surface area contributed by atoms with Gasteiger partial charge in [0, 0.05) is 11.1 Å². The number of amides is 1. The number of aromatic nitrogens is 2. The van der Waals surface area contributed by atoms with E-state index in [1.165, 1.54) is 11.8 Å². The SMILES string of the molecule is COc1ccccc1/C=N\NC(=O)c1cc(-c2ccc(C)cc2)n[nH]1. The van der Waals surface area contributed by atoms with Crippen molar-refractivity contribution in [1.29, 1.82) is 0 Å². The van der Waals surface area contributed by atoms with E-state index in [-0.39, 0.29) is 5.91 Å². The molecular formula is C19H18N4O2. The summed E-state index contributed by atoms with van der Waals surface area (Å²) in [5.74, 6) is 0.320. The molecule has 1 heterocycles. The summed E-state index contributed by atoms with van der Waals surface area (Å²) < 4.78 is 5.23. The maximum Gasteiger partial charge on any atom is 0.289 e. The third-order valence-corrected chi connectivity index (χ3v) is 3.68. The second-order valence-corrected chi connectivity index (χ2v) is 5.47. The number of aromatic amines is 1. The van der Waals surface area contributed by atoms with Gasteiger partial charge in [0.2, 0.25) is 0 Å². The summed E-state index contributed by atoms with van der Waals surface area (Å²) in [4.78, 5) is 12.2. The number of ether oxygens (including phenoxy) is 1. The van der Waals surface area contributed by atoms with E-state index in [4.69, 9.17) is 4.74 Å². The summed E-state index contributed by atoms with van der Waals surface area (Å²) in [6, 6.07) is 17.0. The van der Waals surface area contributed by atoms with Crippen LogP contribution in [0.4, 0.5) is 0 Å². The molecule has 0 spiro atoms. The van der Waals surface area contributed by atoms with Gasteiger partial charge in [-0.3, -0.25) is 9.89 Å². The summed E-state index contributed by atoms with van der Waals surface area (Å²) in [6.07, 6.45) is 1.54. The maximum absolute atomic E-state index is 12.2. The Balaban J connectivity index is 1.68. The fraction of sp³-hybridized carbons (Fsp3) is 0.105. The van der Waals surface area contributed by atoms with E-state index in [1.54, 1.807) is 13.2 Å². The van der Waals surface area contributed by atoms with Crippen molar-refractivity contribution in [3.05, 3.63) is 71.4 Å². The second kappa shape index (κ2) is 7.44.